The predicted molar refractivity (Wildman–Crippen MR) is 129 cm³/mol. The van der Waals surface area contributed by atoms with Gasteiger partial charge in [-0.15, -0.1) is 0 Å². The second-order valence-corrected chi connectivity index (χ2v) is 7.62. The summed E-state index contributed by atoms with van der Waals surface area (Å²) in [7, 11) is 3.09. The maximum atomic E-state index is 12.9. The van der Waals surface area contributed by atoms with Crippen LogP contribution in [0.15, 0.2) is 65.6 Å². The molecule has 35 heavy (non-hydrogen) atoms. The fraction of sp³-hybridized carbons (Fsp3) is 0.125. The van der Waals surface area contributed by atoms with Crippen LogP contribution < -0.4 is 20.3 Å². The second kappa shape index (κ2) is 8.78. The zero-order valence-corrected chi connectivity index (χ0v) is 19.1. The molecule has 2 aromatic carbocycles. The predicted octanol–water partition coefficient (Wildman–Crippen LogP) is 2.87. The Morgan fingerprint density at radius 2 is 1.86 bits per heavy atom. The second-order valence-electron chi connectivity index (χ2n) is 7.62. The Morgan fingerprint density at radius 1 is 1.03 bits per heavy atom. The van der Waals surface area contributed by atoms with Gasteiger partial charge in [-0.05, 0) is 37.3 Å². The monoisotopic (exact) mass is 471 g/mol. The average Bonchev–Trinajstić information content (AvgIpc) is 3.47. The summed E-state index contributed by atoms with van der Waals surface area (Å²) in [6.45, 7) is 1.77. The number of rotatable bonds is 6. The van der Waals surface area contributed by atoms with Gasteiger partial charge in [0, 0.05) is 11.6 Å². The summed E-state index contributed by atoms with van der Waals surface area (Å²) >= 11 is 0. The number of fused-ring (bicyclic) bond motifs is 1. The summed E-state index contributed by atoms with van der Waals surface area (Å²) in [5.41, 5.74) is 1.56. The molecular formula is C24H21N7O4. The number of nitrogens with one attached hydrogen (secondary N) is 2. The van der Waals surface area contributed by atoms with E-state index in [9.17, 15) is 9.59 Å². The molecule has 11 heteroatoms. The Balaban J connectivity index is 1.59. The van der Waals surface area contributed by atoms with E-state index in [-0.39, 0.29) is 11.9 Å². The lowest BCUT2D eigenvalue weighted by molar-refractivity contribution is 0.102. The van der Waals surface area contributed by atoms with E-state index in [2.05, 4.69) is 25.5 Å². The lowest BCUT2D eigenvalue weighted by Crippen LogP contribution is -2.19. The summed E-state index contributed by atoms with van der Waals surface area (Å²) < 4.78 is 13.5. The van der Waals surface area contributed by atoms with Gasteiger partial charge >= 0.3 is 0 Å². The molecular weight excluding hydrogens is 450 g/mol. The minimum absolute atomic E-state index is 0.119. The first-order valence-corrected chi connectivity index (χ1v) is 10.6. The Hall–Kier alpha value is -4.93. The summed E-state index contributed by atoms with van der Waals surface area (Å²) in [4.78, 5) is 33.1. The molecule has 0 spiro atoms. The molecule has 0 unspecified atom stereocenters. The van der Waals surface area contributed by atoms with Crippen molar-refractivity contribution in [3.8, 4) is 23.1 Å². The molecule has 0 aliphatic heterocycles. The zero-order valence-electron chi connectivity index (χ0n) is 19.1. The van der Waals surface area contributed by atoms with Crippen LogP contribution in [0.1, 0.15) is 16.1 Å². The van der Waals surface area contributed by atoms with E-state index in [4.69, 9.17) is 9.47 Å². The molecule has 11 nitrogen and oxygen atoms in total. The first-order chi connectivity index (χ1) is 17.0. The molecule has 2 N–H and O–H groups in total. The molecule has 0 bridgehead atoms. The van der Waals surface area contributed by atoms with Crippen LogP contribution >= 0.6 is 0 Å². The van der Waals surface area contributed by atoms with Crippen molar-refractivity contribution < 1.29 is 14.3 Å². The Morgan fingerprint density at radius 3 is 2.66 bits per heavy atom. The van der Waals surface area contributed by atoms with Crippen LogP contribution in [0.25, 0.3) is 22.7 Å². The van der Waals surface area contributed by atoms with Crippen molar-refractivity contribution in [2.24, 2.45) is 0 Å². The number of anilines is 1. The largest absolute Gasteiger partial charge is 0.497 e. The highest BCUT2D eigenvalue weighted by Crippen LogP contribution is 2.25. The number of aromatic nitrogens is 6. The summed E-state index contributed by atoms with van der Waals surface area (Å²) in [6.07, 6.45) is 1.44. The molecule has 0 aliphatic carbocycles. The smallest absolute Gasteiger partial charge is 0.263 e. The zero-order chi connectivity index (χ0) is 24.5. The molecule has 0 fully saturated rings. The molecule has 0 radical (unpaired) electrons. The van der Waals surface area contributed by atoms with Gasteiger partial charge in [-0.1, -0.05) is 18.2 Å². The third-order valence-electron chi connectivity index (χ3n) is 5.34. The van der Waals surface area contributed by atoms with Gasteiger partial charge in [0.25, 0.3) is 11.5 Å². The number of hydrogen-bond acceptors (Lipinski definition) is 7. The van der Waals surface area contributed by atoms with Gasteiger partial charge in [0.2, 0.25) is 5.95 Å². The molecule has 176 valence electrons. The lowest BCUT2D eigenvalue weighted by Gasteiger charge is -2.10. The van der Waals surface area contributed by atoms with E-state index < -0.39 is 5.56 Å². The summed E-state index contributed by atoms with van der Waals surface area (Å²) in [6, 6.07) is 15.7. The topological polar surface area (TPSA) is 129 Å². The molecule has 3 aromatic heterocycles. The van der Waals surface area contributed by atoms with Gasteiger partial charge in [-0.3, -0.25) is 14.6 Å². The number of hydrogen-bond donors (Lipinski definition) is 2. The fourth-order valence-electron chi connectivity index (χ4n) is 3.69. The van der Waals surface area contributed by atoms with E-state index >= 15 is 0 Å². The van der Waals surface area contributed by atoms with Crippen molar-refractivity contribution in [1.29, 1.82) is 0 Å². The molecule has 3 heterocycles. The highest BCUT2D eigenvalue weighted by Gasteiger charge is 2.18. The van der Waals surface area contributed by atoms with E-state index in [1.807, 2.05) is 18.2 Å². The lowest BCUT2D eigenvalue weighted by atomic mass is 10.2. The molecule has 5 rings (SSSR count). The van der Waals surface area contributed by atoms with Crippen LogP contribution in [0.4, 0.5) is 5.82 Å². The van der Waals surface area contributed by atoms with Crippen molar-refractivity contribution in [2.75, 3.05) is 19.5 Å². The number of nitrogens with zero attached hydrogens (tertiary/aromatic N) is 5. The Bertz CT molecular complexity index is 1620. The Kier molecular flexibility index (Phi) is 5.49. The maximum Gasteiger partial charge on any atom is 0.263 e. The first kappa shape index (κ1) is 21.9. The van der Waals surface area contributed by atoms with Crippen LogP contribution in [-0.2, 0) is 0 Å². The number of para-hydroxylation sites is 2. The van der Waals surface area contributed by atoms with E-state index in [1.54, 1.807) is 50.4 Å². The van der Waals surface area contributed by atoms with Crippen molar-refractivity contribution in [1.82, 2.24) is 29.5 Å². The number of aromatic amines is 1. The number of aryl methyl sites for hydroxylation is 1. The van der Waals surface area contributed by atoms with Crippen LogP contribution in [-0.4, -0.2) is 49.7 Å². The number of carbonyl (C=O) groups is 1. The molecule has 0 saturated heterocycles. The molecule has 5 aromatic rings. The van der Waals surface area contributed by atoms with Gasteiger partial charge in [0.1, 0.15) is 28.4 Å². The number of H-pyrrole nitrogens is 1. The fourth-order valence-corrected chi connectivity index (χ4v) is 3.69. The van der Waals surface area contributed by atoms with Gasteiger partial charge in [0.15, 0.2) is 5.65 Å². The summed E-state index contributed by atoms with van der Waals surface area (Å²) in [5, 5.41) is 11.9. The maximum absolute atomic E-state index is 12.9. The average molecular weight is 471 g/mol. The van der Waals surface area contributed by atoms with Crippen molar-refractivity contribution in [3.63, 3.8) is 0 Å². The first-order valence-electron chi connectivity index (χ1n) is 10.6. The molecule has 0 saturated carbocycles. The number of benzene rings is 2. The molecule has 0 aliphatic rings. The summed E-state index contributed by atoms with van der Waals surface area (Å²) in [5.74, 6) is 1.22. The highest BCUT2D eigenvalue weighted by molar-refractivity contribution is 6.04. The van der Waals surface area contributed by atoms with Crippen molar-refractivity contribution in [3.05, 3.63) is 82.4 Å². The number of amides is 1. The van der Waals surface area contributed by atoms with Crippen LogP contribution in [0, 0.1) is 6.92 Å². The minimum atomic E-state index is -0.399. The van der Waals surface area contributed by atoms with Crippen molar-refractivity contribution >= 4 is 22.8 Å². The van der Waals surface area contributed by atoms with Crippen LogP contribution in [0.3, 0.4) is 0 Å². The number of ether oxygens (including phenoxy) is 2. The molecule has 1 amide bonds. The Labute approximate surface area is 198 Å². The SMILES string of the molecule is COc1cccc(C(=O)Nc2cc(C)nn2-c2nc3c(cnn3-c3ccccc3OC)c(=O)[nH]2)c1. The quantitative estimate of drug-likeness (QED) is 0.390. The number of carbonyl (C=O) groups excluding carboxylic acids is 1. The van der Waals surface area contributed by atoms with Crippen molar-refractivity contribution in [2.45, 2.75) is 6.92 Å². The van der Waals surface area contributed by atoms with E-state index in [0.29, 0.717) is 45.3 Å². The van der Waals surface area contributed by atoms with Crippen LogP contribution in [0.5, 0.6) is 11.5 Å². The number of methoxy groups -OCH3 is 2. The van der Waals surface area contributed by atoms with E-state index in [0.717, 1.165) is 0 Å². The van der Waals surface area contributed by atoms with Gasteiger partial charge < -0.3 is 14.8 Å². The third-order valence-corrected chi connectivity index (χ3v) is 5.34. The third kappa shape index (κ3) is 3.99. The van der Waals surface area contributed by atoms with Crippen LogP contribution in [0.2, 0.25) is 0 Å². The van der Waals surface area contributed by atoms with Gasteiger partial charge in [0.05, 0.1) is 26.1 Å². The van der Waals surface area contributed by atoms with E-state index in [1.165, 1.54) is 22.7 Å². The standard InChI is InChI=1S/C24H21N7O4/c1-14-11-20(26-22(32)15-7-6-8-16(12-15)34-2)31(29-14)24-27-21-17(23(33)28-24)13-25-30(21)18-9-4-5-10-19(18)35-3/h4-13H,1-3H3,(H,26,32)(H,27,28,33). The van der Waals surface area contributed by atoms with Gasteiger partial charge in [-0.25, -0.2) is 4.68 Å². The van der Waals surface area contributed by atoms with Gasteiger partial charge in [-0.2, -0.15) is 19.9 Å². The highest BCUT2D eigenvalue weighted by atomic mass is 16.5. The normalized spacial score (nSPS) is 10.9. The molecule has 0 atom stereocenters. The minimum Gasteiger partial charge on any atom is -0.497 e.